The van der Waals surface area contributed by atoms with Gasteiger partial charge in [0.15, 0.2) is 0 Å². The highest BCUT2D eigenvalue weighted by Gasteiger charge is 2.20. The summed E-state index contributed by atoms with van der Waals surface area (Å²) in [6.45, 7) is 0. The lowest BCUT2D eigenvalue weighted by Gasteiger charge is -2.20. The Morgan fingerprint density at radius 3 is 2.33 bits per heavy atom. The first kappa shape index (κ1) is 12.6. The smallest absolute Gasteiger partial charge is 0.0580 e. The van der Waals surface area contributed by atoms with Crippen molar-refractivity contribution in [3.05, 3.63) is 82.9 Å². The van der Waals surface area contributed by atoms with E-state index in [0.717, 1.165) is 0 Å². The first-order chi connectivity index (χ1) is 10.4. The Kier molecular flexibility index (Phi) is 3.01. The fourth-order valence-corrected chi connectivity index (χ4v) is 3.67. The van der Waals surface area contributed by atoms with Crippen LogP contribution in [0, 0.1) is 0 Å². The minimum absolute atomic E-state index is 0.246. The van der Waals surface area contributed by atoms with E-state index >= 15 is 0 Å². The third-order valence-electron chi connectivity index (χ3n) is 4.64. The maximum Gasteiger partial charge on any atom is 0.0580 e. The highest BCUT2D eigenvalue weighted by Crippen LogP contribution is 2.36. The first-order valence-electron chi connectivity index (χ1n) is 7.64. The van der Waals surface area contributed by atoms with Crippen LogP contribution in [0.3, 0.4) is 0 Å². The molecular weight excluding hydrogens is 254 g/mol. The number of hydrogen-bond acceptors (Lipinski definition) is 1. The van der Waals surface area contributed by atoms with Crippen molar-refractivity contribution in [2.24, 2.45) is 0 Å². The van der Waals surface area contributed by atoms with Gasteiger partial charge in [-0.3, -0.25) is 0 Å². The molecule has 0 aromatic heterocycles. The van der Waals surface area contributed by atoms with E-state index in [2.05, 4.69) is 66.0 Å². The molecule has 1 atom stereocenters. The van der Waals surface area contributed by atoms with Crippen molar-refractivity contribution < 1.29 is 0 Å². The standard InChI is InChI=1S/C20H19N/c1-21-20(16-6-3-2-4-7-16)18-13-12-15-11-10-14-8-5-9-17(18)19(14)15/h2-9,12-13,20-21H,10-11H2,1H3. The summed E-state index contributed by atoms with van der Waals surface area (Å²) in [4.78, 5) is 0. The molecule has 1 unspecified atom stereocenters. The Hall–Kier alpha value is -2.12. The summed E-state index contributed by atoms with van der Waals surface area (Å²) in [6.07, 6.45) is 2.37. The maximum absolute atomic E-state index is 3.49. The third-order valence-corrected chi connectivity index (χ3v) is 4.64. The van der Waals surface area contributed by atoms with E-state index in [4.69, 9.17) is 0 Å². The molecule has 0 heterocycles. The molecule has 1 aliphatic carbocycles. The van der Waals surface area contributed by atoms with Crippen LogP contribution in [0.5, 0.6) is 0 Å². The summed E-state index contributed by atoms with van der Waals surface area (Å²) < 4.78 is 0. The minimum atomic E-state index is 0.246. The lowest BCUT2D eigenvalue weighted by Crippen LogP contribution is -2.18. The molecule has 1 N–H and O–H groups in total. The topological polar surface area (TPSA) is 12.0 Å². The summed E-state index contributed by atoms with van der Waals surface area (Å²) in [5.41, 5.74) is 5.71. The Morgan fingerprint density at radius 1 is 0.810 bits per heavy atom. The van der Waals surface area contributed by atoms with E-state index in [9.17, 15) is 0 Å². The zero-order valence-electron chi connectivity index (χ0n) is 12.3. The van der Waals surface area contributed by atoms with Crippen LogP contribution in [-0.4, -0.2) is 7.05 Å². The number of benzene rings is 3. The van der Waals surface area contributed by atoms with Crippen LogP contribution in [0.4, 0.5) is 0 Å². The van der Waals surface area contributed by atoms with E-state index in [1.54, 1.807) is 0 Å². The van der Waals surface area contributed by atoms with Gasteiger partial charge in [0.05, 0.1) is 6.04 Å². The summed E-state index contributed by atoms with van der Waals surface area (Å²) in [6, 6.07) is 22.3. The van der Waals surface area contributed by atoms with E-state index in [0.29, 0.717) is 0 Å². The molecule has 0 spiro atoms. The monoisotopic (exact) mass is 273 g/mol. The zero-order valence-corrected chi connectivity index (χ0v) is 12.3. The van der Waals surface area contributed by atoms with Gasteiger partial charge in [-0.05, 0) is 52.9 Å². The van der Waals surface area contributed by atoms with Gasteiger partial charge in [0.2, 0.25) is 0 Å². The fourth-order valence-electron chi connectivity index (χ4n) is 3.67. The second-order valence-electron chi connectivity index (χ2n) is 5.79. The zero-order chi connectivity index (χ0) is 14.2. The molecular formula is C20H19N. The van der Waals surface area contributed by atoms with Gasteiger partial charge in [-0.2, -0.15) is 0 Å². The molecule has 0 fully saturated rings. The maximum atomic E-state index is 3.49. The van der Waals surface area contributed by atoms with Crippen molar-refractivity contribution in [1.29, 1.82) is 0 Å². The van der Waals surface area contributed by atoms with E-state index in [-0.39, 0.29) is 6.04 Å². The molecule has 3 aromatic carbocycles. The Labute approximate surface area is 125 Å². The van der Waals surface area contributed by atoms with E-state index in [1.807, 2.05) is 7.05 Å². The van der Waals surface area contributed by atoms with Crippen molar-refractivity contribution in [3.8, 4) is 0 Å². The molecule has 4 rings (SSSR count). The normalized spacial score (nSPS) is 14.5. The predicted molar refractivity (Wildman–Crippen MR) is 88.7 cm³/mol. The summed E-state index contributed by atoms with van der Waals surface area (Å²) in [7, 11) is 2.04. The minimum Gasteiger partial charge on any atom is -0.309 e. The quantitative estimate of drug-likeness (QED) is 0.752. The van der Waals surface area contributed by atoms with Crippen molar-refractivity contribution in [1.82, 2.24) is 5.32 Å². The Bertz CT molecular complexity index is 779. The molecule has 104 valence electrons. The van der Waals surface area contributed by atoms with Gasteiger partial charge in [-0.1, -0.05) is 60.7 Å². The van der Waals surface area contributed by atoms with Crippen LogP contribution in [0.15, 0.2) is 60.7 Å². The number of hydrogen-bond donors (Lipinski definition) is 1. The molecule has 1 aliphatic rings. The largest absolute Gasteiger partial charge is 0.309 e. The van der Waals surface area contributed by atoms with Gasteiger partial charge in [-0.25, -0.2) is 0 Å². The number of rotatable bonds is 3. The van der Waals surface area contributed by atoms with Crippen LogP contribution in [-0.2, 0) is 12.8 Å². The van der Waals surface area contributed by atoms with E-state index < -0.39 is 0 Å². The van der Waals surface area contributed by atoms with Crippen molar-refractivity contribution in [3.63, 3.8) is 0 Å². The molecule has 0 aliphatic heterocycles. The molecule has 0 saturated heterocycles. The number of nitrogens with one attached hydrogen (secondary N) is 1. The van der Waals surface area contributed by atoms with Gasteiger partial charge in [0.25, 0.3) is 0 Å². The first-order valence-corrected chi connectivity index (χ1v) is 7.64. The molecule has 0 radical (unpaired) electrons. The third kappa shape index (κ3) is 1.97. The second kappa shape index (κ2) is 5.01. The summed E-state index contributed by atoms with van der Waals surface area (Å²) in [5, 5.41) is 6.39. The molecule has 3 aromatic rings. The summed E-state index contributed by atoms with van der Waals surface area (Å²) >= 11 is 0. The van der Waals surface area contributed by atoms with Crippen molar-refractivity contribution in [2.45, 2.75) is 18.9 Å². The van der Waals surface area contributed by atoms with Crippen molar-refractivity contribution in [2.75, 3.05) is 7.05 Å². The Morgan fingerprint density at radius 2 is 1.57 bits per heavy atom. The van der Waals surface area contributed by atoms with Gasteiger partial charge >= 0.3 is 0 Å². The van der Waals surface area contributed by atoms with E-state index in [1.165, 1.54) is 45.9 Å². The van der Waals surface area contributed by atoms with Crippen molar-refractivity contribution >= 4 is 10.8 Å². The van der Waals surface area contributed by atoms with Gasteiger partial charge in [0.1, 0.15) is 0 Å². The Balaban J connectivity index is 1.95. The van der Waals surface area contributed by atoms with Crippen LogP contribution < -0.4 is 5.32 Å². The number of aryl methyl sites for hydroxylation is 2. The molecule has 21 heavy (non-hydrogen) atoms. The summed E-state index contributed by atoms with van der Waals surface area (Å²) in [5.74, 6) is 0. The molecule has 0 amide bonds. The molecule has 0 saturated carbocycles. The van der Waals surface area contributed by atoms with Crippen LogP contribution in [0.2, 0.25) is 0 Å². The van der Waals surface area contributed by atoms with Gasteiger partial charge in [-0.15, -0.1) is 0 Å². The van der Waals surface area contributed by atoms with Gasteiger partial charge in [0, 0.05) is 0 Å². The SMILES string of the molecule is CNC(c1ccccc1)c1ccc2c3c(cccc13)CC2. The van der Waals surface area contributed by atoms with Crippen LogP contribution >= 0.6 is 0 Å². The molecule has 1 heteroatoms. The lowest BCUT2D eigenvalue weighted by molar-refractivity contribution is 0.697. The lowest BCUT2D eigenvalue weighted by atomic mass is 9.92. The average Bonchev–Trinajstić information content (AvgIpc) is 2.96. The molecule has 1 nitrogen and oxygen atoms in total. The predicted octanol–water partition coefficient (Wildman–Crippen LogP) is 4.25. The van der Waals surface area contributed by atoms with Crippen LogP contribution in [0.25, 0.3) is 10.8 Å². The average molecular weight is 273 g/mol. The molecule has 0 bridgehead atoms. The highest BCUT2D eigenvalue weighted by atomic mass is 14.9. The fraction of sp³-hybridized carbons (Fsp3) is 0.200. The highest BCUT2D eigenvalue weighted by molar-refractivity contribution is 5.93. The van der Waals surface area contributed by atoms with Crippen LogP contribution in [0.1, 0.15) is 28.3 Å². The van der Waals surface area contributed by atoms with Gasteiger partial charge < -0.3 is 5.32 Å². The second-order valence-corrected chi connectivity index (χ2v) is 5.79.